The molecule has 0 aliphatic heterocycles. The average Bonchev–Trinajstić information content (AvgIpc) is 2.93. The Bertz CT molecular complexity index is 663. The molecule has 3 aromatic rings. The van der Waals surface area contributed by atoms with Gasteiger partial charge in [0.05, 0.1) is 0 Å². The summed E-state index contributed by atoms with van der Waals surface area (Å²) in [6.45, 7) is 0. The minimum atomic E-state index is -0.323. The van der Waals surface area contributed by atoms with Crippen molar-refractivity contribution in [3.63, 3.8) is 0 Å². The first-order valence-corrected chi connectivity index (χ1v) is 5.08. The van der Waals surface area contributed by atoms with Crippen LogP contribution in [0, 0.1) is 0 Å². The number of nitrogens with zero attached hydrogens (tertiary/aromatic N) is 2. The molecule has 5 nitrogen and oxygen atoms in total. The van der Waals surface area contributed by atoms with Gasteiger partial charge in [0.15, 0.2) is 5.76 Å². The third-order valence-electron chi connectivity index (χ3n) is 2.52. The van der Waals surface area contributed by atoms with Crippen molar-refractivity contribution >= 4 is 22.8 Å². The van der Waals surface area contributed by atoms with E-state index in [4.69, 9.17) is 10.2 Å². The van der Waals surface area contributed by atoms with E-state index >= 15 is 0 Å². The molecule has 0 unspecified atom stereocenters. The average molecular weight is 227 g/mol. The fourth-order valence-electron chi connectivity index (χ4n) is 1.69. The molecule has 5 heteroatoms. The molecule has 0 aliphatic rings. The maximum Gasteiger partial charge on any atom is 0.300 e. The van der Waals surface area contributed by atoms with Gasteiger partial charge in [-0.1, -0.05) is 18.2 Å². The van der Waals surface area contributed by atoms with Crippen LogP contribution in [0.15, 0.2) is 47.1 Å². The molecular weight excluding hydrogens is 218 g/mol. The van der Waals surface area contributed by atoms with Crippen molar-refractivity contribution in [2.45, 2.75) is 0 Å². The van der Waals surface area contributed by atoms with Gasteiger partial charge in [-0.25, -0.2) is 9.55 Å². The lowest BCUT2D eigenvalue weighted by molar-refractivity contribution is 0.0937. The Hall–Kier alpha value is -2.56. The lowest BCUT2D eigenvalue weighted by atomic mass is 10.2. The number of nitrogens with two attached hydrogens (primary N) is 1. The number of para-hydroxylation sites is 1. The van der Waals surface area contributed by atoms with Gasteiger partial charge in [0.1, 0.15) is 5.58 Å². The summed E-state index contributed by atoms with van der Waals surface area (Å²) in [4.78, 5) is 15.8. The van der Waals surface area contributed by atoms with E-state index in [1.165, 1.54) is 17.0 Å². The molecule has 0 amide bonds. The minimum absolute atomic E-state index is 0.149. The summed E-state index contributed by atoms with van der Waals surface area (Å²) in [5.74, 6) is 0.0718. The van der Waals surface area contributed by atoms with Gasteiger partial charge in [0, 0.05) is 17.8 Å². The summed E-state index contributed by atoms with van der Waals surface area (Å²) < 4.78 is 6.70. The topological polar surface area (TPSA) is 74.0 Å². The molecule has 2 heterocycles. The Morgan fingerprint density at radius 2 is 2.18 bits per heavy atom. The Labute approximate surface area is 96.5 Å². The zero-order valence-electron chi connectivity index (χ0n) is 8.83. The molecule has 2 N–H and O–H groups in total. The van der Waals surface area contributed by atoms with Crippen LogP contribution in [0.2, 0.25) is 0 Å². The number of carbonyl (C=O) groups excluding carboxylic acids is 1. The van der Waals surface area contributed by atoms with Gasteiger partial charge in [-0.15, -0.1) is 0 Å². The third kappa shape index (κ3) is 1.48. The summed E-state index contributed by atoms with van der Waals surface area (Å²) in [6, 6.07) is 9.12. The maximum atomic E-state index is 12.0. The van der Waals surface area contributed by atoms with E-state index in [0.717, 1.165) is 5.39 Å². The summed E-state index contributed by atoms with van der Waals surface area (Å²) in [7, 11) is 0. The summed E-state index contributed by atoms with van der Waals surface area (Å²) in [5.41, 5.74) is 6.24. The van der Waals surface area contributed by atoms with E-state index in [0.29, 0.717) is 5.58 Å². The molecule has 0 saturated heterocycles. The molecule has 84 valence electrons. The normalized spacial score (nSPS) is 10.8. The van der Waals surface area contributed by atoms with E-state index in [2.05, 4.69) is 4.98 Å². The number of nitrogen functional groups attached to an aromatic ring is 1. The number of hydrogen-bond donors (Lipinski definition) is 1. The molecule has 0 saturated carbocycles. The Balaban J connectivity index is 2.10. The Morgan fingerprint density at radius 1 is 1.35 bits per heavy atom. The van der Waals surface area contributed by atoms with Crippen LogP contribution in [0.25, 0.3) is 11.0 Å². The Kier molecular flexibility index (Phi) is 1.98. The van der Waals surface area contributed by atoms with E-state index in [-0.39, 0.29) is 17.6 Å². The van der Waals surface area contributed by atoms with Crippen LogP contribution in [-0.2, 0) is 0 Å². The van der Waals surface area contributed by atoms with Crippen molar-refractivity contribution in [3.8, 4) is 0 Å². The van der Waals surface area contributed by atoms with Crippen molar-refractivity contribution < 1.29 is 9.21 Å². The third-order valence-corrected chi connectivity index (χ3v) is 2.52. The second kappa shape index (κ2) is 3.48. The van der Waals surface area contributed by atoms with Crippen LogP contribution >= 0.6 is 0 Å². The van der Waals surface area contributed by atoms with Crippen LogP contribution in [0.3, 0.4) is 0 Å². The lowest BCUT2D eigenvalue weighted by Gasteiger charge is -1.98. The van der Waals surface area contributed by atoms with Gasteiger partial charge in [0.2, 0.25) is 5.95 Å². The number of furan rings is 1. The van der Waals surface area contributed by atoms with Gasteiger partial charge in [-0.05, 0) is 12.1 Å². The second-order valence-corrected chi connectivity index (χ2v) is 3.61. The van der Waals surface area contributed by atoms with Gasteiger partial charge in [-0.2, -0.15) is 0 Å². The molecule has 17 heavy (non-hydrogen) atoms. The molecule has 0 fully saturated rings. The summed E-state index contributed by atoms with van der Waals surface area (Å²) >= 11 is 0. The predicted octanol–water partition coefficient (Wildman–Crippen LogP) is 1.90. The van der Waals surface area contributed by atoms with E-state index in [1.807, 2.05) is 24.3 Å². The minimum Gasteiger partial charge on any atom is -0.451 e. The number of hydrogen-bond acceptors (Lipinski definition) is 4. The highest BCUT2D eigenvalue weighted by atomic mass is 16.3. The molecule has 0 radical (unpaired) electrons. The van der Waals surface area contributed by atoms with Crippen LogP contribution < -0.4 is 5.73 Å². The molecule has 2 aromatic heterocycles. The summed E-state index contributed by atoms with van der Waals surface area (Å²) in [5, 5.41) is 0.884. The molecule has 3 rings (SSSR count). The smallest absolute Gasteiger partial charge is 0.300 e. The highest BCUT2D eigenvalue weighted by molar-refractivity contribution is 5.98. The first kappa shape index (κ1) is 9.65. The number of anilines is 1. The molecule has 0 bridgehead atoms. The van der Waals surface area contributed by atoms with E-state index < -0.39 is 0 Å². The molecule has 0 spiro atoms. The molecule has 0 aliphatic carbocycles. The van der Waals surface area contributed by atoms with Crippen LogP contribution in [0.1, 0.15) is 10.6 Å². The van der Waals surface area contributed by atoms with Crippen molar-refractivity contribution in [2.24, 2.45) is 0 Å². The largest absolute Gasteiger partial charge is 0.451 e. The van der Waals surface area contributed by atoms with Crippen LogP contribution in [0.4, 0.5) is 5.95 Å². The number of fused-ring (bicyclic) bond motifs is 1. The standard InChI is InChI=1S/C12H9N3O2/c13-12-14-5-6-15(12)11(16)10-7-8-3-1-2-4-9(8)17-10/h1-7H,(H2,13,14). The number of aromatic nitrogens is 2. The Morgan fingerprint density at radius 3 is 2.88 bits per heavy atom. The van der Waals surface area contributed by atoms with Crippen molar-refractivity contribution in [1.29, 1.82) is 0 Å². The van der Waals surface area contributed by atoms with E-state index in [9.17, 15) is 4.79 Å². The van der Waals surface area contributed by atoms with Gasteiger partial charge in [0.25, 0.3) is 5.91 Å². The second-order valence-electron chi connectivity index (χ2n) is 3.61. The van der Waals surface area contributed by atoms with Gasteiger partial charge >= 0.3 is 0 Å². The maximum absolute atomic E-state index is 12.0. The van der Waals surface area contributed by atoms with Gasteiger partial charge < -0.3 is 10.2 Å². The molecular formula is C12H9N3O2. The highest BCUT2D eigenvalue weighted by Crippen LogP contribution is 2.20. The SMILES string of the molecule is Nc1nccn1C(=O)c1cc2ccccc2o1. The number of benzene rings is 1. The van der Waals surface area contributed by atoms with Crippen molar-refractivity contribution in [2.75, 3.05) is 5.73 Å². The fourth-order valence-corrected chi connectivity index (χ4v) is 1.69. The number of rotatable bonds is 1. The first-order chi connectivity index (χ1) is 8.25. The zero-order chi connectivity index (χ0) is 11.8. The first-order valence-electron chi connectivity index (χ1n) is 5.08. The summed E-state index contributed by atoms with van der Waals surface area (Å²) in [6.07, 6.45) is 2.97. The van der Waals surface area contributed by atoms with E-state index in [1.54, 1.807) is 6.07 Å². The van der Waals surface area contributed by atoms with Gasteiger partial charge in [-0.3, -0.25) is 4.79 Å². The quantitative estimate of drug-likeness (QED) is 0.689. The van der Waals surface area contributed by atoms with Crippen LogP contribution in [0.5, 0.6) is 0 Å². The monoisotopic (exact) mass is 227 g/mol. The van der Waals surface area contributed by atoms with Crippen molar-refractivity contribution in [1.82, 2.24) is 9.55 Å². The predicted molar refractivity (Wildman–Crippen MR) is 62.6 cm³/mol. The fraction of sp³-hybridized carbons (Fsp3) is 0. The van der Waals surface area contributed by atoms with Crippen LogP contribution in [-0.4, -0.2) is 15.5 Å². The molecule has 1 aromatic carbocycles. The highest BCUT2D eigenvalue weighted by Gasteiger charge is 2.15. The lowest BCUT2D eigenvalue weighted by Crippen LogP contribution is -2.12. The van der Waals surface area contributed by atoms with Crippen molar-refractivity contribution in [3.05, 3.63) is 48.5 Å². The zero-order valence-corrected chi connectivity index (χ0v) is 8.83. The number of imidazole rings is 1. The molecule has 0 atom stereocenters. The number of carbonyl (C=O) groups is 1.